The lowest BCUT2D eigenvalue weighted by Crippen LogP contribution is -2.46. The van der Waals surface area contributed by atoms with E-state index in [0.29, 0.717) is 12.8 Å². The maximum atomic E-state index is 13.7. The zero-order valence-electron chi connectivity index (χ0n) is 14.8. The molecule has 0 unspecified atom stereocenters. The number of nitrogens with zero attached hydrogens (tertiary/aromatic N) is 1. The van der Waals surface area contributed by atoms with Gasteiger partial charge in [0, 0.05) is 19.1 Å². The standard InChI is InChI=1S/C19H20F2N2O3S/c1-13-5-7-15(8-6-13)27(25,26)23-11-9-14(10-12-23)22-19(24)18-16(20)3-2-4-17(18)21/h2-8,14H,9-12H2,1H3,(H,22,24). The smallest absolute Gasteiger partial charge is 0.257 e. The Morgan fingerprint density at radius 3 is 2.15 bits per heavy atom. The van der Waals surface area contributed by atoms with Crippen LogP contribution in [0.25, 0.3) is 0 Å². The van der Waals surface area contributed by atoms with E-state index in [1.165, 1.54) is 10.4 Å². The van der Waals surface area contributed by atoms with E-state index in [-0.39, 0.29) is 24.0 Å². The van der Waals surface area contributed by atoms with E-state index >= 15 is 0 Å². The second kappa shape index (κ2) is 7.74. The Hall–Kier alpha value is -2.32. The second-order valence-electron chi connectivity index (χ2n) is 6.56. The molecule has 0 radical (unpaired) electrons. The molecule has 144 valence electrons. The van der Waals surface area contributed by atoms with E-state index in [2.05, 4.69) is 5.32 Å². The minimum atomic E-state index is -3.60. The third-order valence-electron chi connectivity index (χ3n) is 4.64. The first-order chi connectivity index (χ1) is 12.8. The summed E-state index contributed by atoms with van der Waals surface area (Å²) in [4.78, 5) is 12.4. The van der Waals surface area contributed by atoms with Gasteiger partial charge < -0.3 is 5.32 Å². The van der Waals surface area contributed by atoms with Crippen molar-refractivity contribution in [2.45, 2.75) is 30.7 Å². The second-order valence-corrected chi connectivity index (χ2v) is 8.50. The van der Waals surface area contributed by atoms with Crippen LogP contribution in [0.2, 0.25) is 0 Å². The quantitative estimate of drug-likeness (QED) is 0.867. The largest absolute Gasteiger partial charge is 0.349 e. The predicted octanol–water partition coefficient (Wildman–Crippen LogP) is 2.86. The van der Waals surface area contributed by atoms with Crippen molar-refractivity contribution in [2.24, 2.45) is 0 Å². The molecule has 1 aliphatic rings. The Morgan fingerprint density at radius 2 is 1.59 bits per heavy atom. The number of aryl methyl sites for hydroxylation is 1. The Kier molecular flexibility index (Phi) is 5.57. The molecule has 3 rings (SSSR count). The lowest BCUT2D eigenvalue weighted by molar-refractivity contribution is 0.0915. The van der Waals surface area contributed by atoms with Gasteiger partial charge in [0.2, 0.25) is 10.0 Å². The molecule has 5 nitrogen and oxygen atoms in total. The number of hydrogen-bond acceptors (Lipinski definition) is 3. The zero-order chi connectivity index (χ0) is 19.6. The summed E-state index contributed by atoms with van der Waals surface area (Å²) in [5.41, 5.74) is 0.350. The van der Waals surface area contributed by atoms with E-state index in [1.54, 1.807) is 24.3 Å². The molecule has 1 aliphatic heterocycles. The number of hydrogen-bond donors (Lipinski definition) is 1. The Bertz CT molecular complexity index is 918. The van der Waals surface area contributed by atoms with Crippen molar-refractivity contribution in [1.29, 1.82) is 0 Å². The van der Waals surface area contributed by atoms with E-state index in [0.717, 1.165) is 17.7 Å². The fourth-order valence-corrected chi connectivity index (χ4v) is 4.54. The molecule has 1 amide bonds. The van der Waals surface area contributed by atoms with Crippen LogP contribution in [-0.2, 0) is 10.0 Å². The van der Waals surface area contributed by atoms with Crippen molar-refractivity contribution in [2.75, 3.05) is 13.1 Å². The predicted molar refractivity (Wildman–Crippen MR) is 96.8 cm³/mol. The average Bonchev–Trinajstić information content (AvgIpc) is 2.62. The van der Waals surface area contributed by atoms with E-state index in [9.17, 15) is 22.0 Å². The summed E-state index contributed by atoms with van der Waals surface area (Å²) < 4.78 is 54.1. The van der Waals surface area contributed by atoms with Crippen LogP contribution in [0.15, 0.2) is 47.4 Å². The third kappa shape index (κ3) is 4.17. The first-order valence-corrected chi connectivity index (χ1v) is 10.0. The summed E-state index contributed by atoms with van der Waals surface area (Å²) in [6, 6.07) is 9.50. The normalized spacial score (nSPS) is 16.3. The van der Waals surface area contributed by atoms with Gasteiger partial charge in [0.1, 0.15) is 17.2 Å². The van der Waals surface area contributed by atoms with Crippen LogP contribution in [0.5, 0.6) is 0 Å². The Labute approximate surface area is 157 Å². The molecule has 0 bridgehead atoms. The fourth-order valence-electron chi connectivity index (χ4n) is 3.07. The van der Waals surface area contributed by atoms with E-state index in [4.69, 9.17) is 0 Å². The highest BCUT2D eigenvalue weighted by Crippen LogP contribution is 2.22. The number of piperidine rings is 1. The highest BCUT2D eigenvalue weighted by molar-refractivity contribution is 7.89. The lowest BCUT2D eigenvalue weighted by atomic mass is 10.1. The number of carbonyl (C=O) groups is 1. The van der Waals surface area contributed by atoms with Gasteiger partial charge in [-0.1, -0.05) is 23.8 Å². The maximum absolute atomic E-state index is 13.7. The first kappa shape index (κ1) is 19.4. The molecule has 1 fully saturated rings. The molecule has 27 heavy (non-hydrogen) atoms. The molecule has 0 atom stereocenters. The summed E-state index contributed by atoms with van der Waals surface area (Å²) in [6.45, 7) is 2.32. The Morgan fingerprint density at radius 1 is 1.04 bits per heavy atom. The van der Waals surface area contributed by atoms with E-state index in [1.807, 2.05) is 6.92 Å². The van der Waals surface area contributed by atoms with Gasteiger partial charge in [-0.2, -0.15) is 4.31 Å². The van der Waals surface area contributed by atoms with Crippen molar-refractivity contribution in [3.63, 3.8) is 0 Å². The third-order valence-corrected chi connectivity index (χ3v) is 6.55. The number of amides is 1. The molecule has 1 heterocycles. The van der Waals surface area contributed by atoms with Gasteiger partial charge in [0.05, 0.1) is 4.90 Å². The van der Waals surface area contributed by atoms with Crippen LogP contribution < -0.4 is 5.32 Å². The summed E-state index contributed by atoms with van der Waals surface area (Å²) >= 11 is 0. The van der Waals surface area contributed by atoms with Gasteiger partial charge in [-0.3, -0.25) is 4.79 Å². The summed E-state index contributed by atoms with van der Waals surface area (Å²) in [5.74, 6) is -2.68. The highest BCUT2D eigenvalue weighted by atomic mass is 32.2. The van der Waals surface area contributed by atoms with Crippen LogP contribution >= 0.6 is 0 Å². The zero-order valence-corrected chi connectivity index (χ0v) is 15.6. The molecule has 1 saturated heterocycles. The van der Waals surface area contributed by atoms with Crippen LogP contribution in [-0.4, -0.2) is 37.8 Å². The summed E-state index contributed by atoms with van der Waals surface area (Å²) in [6.07, 6.45) is 0.736. The minimum absolute atomic E-state index is 0.223. The minimum Gasteiger partial charge on any atom is -0.349 e. The number of sulfonamides is 1. The molecule has 8 heteroatoms. The summed E-state index contributed by atoms with van der Waals surface area (Å²) in [5, 5.41) is 2.60. The van der Waals surface area contributed by atoms with Crippen molar-refractivity contribution < 1.29 is 22.0 Å². The van der Waals surface area contributed by atoms with Crippen molar-refractivity contribution in [3.8, 4) is 0 Å². The van der Waals surface area contributed by atoms with Crippen molar-refractivity contribution in [1.82, 2.24) is 9.62 Å². The Balaban J connectivity index is 1.63. The number of halogens is 2. The molecular formula is C19H20F2N2O3S. The molecule has 2 aromatic rings. The molecule has 0 aromatic heterocycles. The fraction of sp³-hybridized carbons (Fsp3) is 0.316. The monoisotopic (exact) mass is 394 g/mol. The molecule has 0 saturated carbocycles. The molecule has 1 N–H and O–H groups in total. The van der Waals surface area contributed by atoms with Crippen LogP contribution in [0, 0.1) is 18.6 Å². The van der Waals surface area contributed by atoms with Gasteiger partial charge in [0.25, 0.3) is 5.91 Å². The maximum Gasteiger partial charge on any atom is 0.257 e. The molecule has 0 aliphatic carbocycles. The molecule has 0 spiro atoms. The average molecular weight is 394 g/mol. The molecular weight excluding hydrogens is 374 g/mol. The number of carbonyl (C=O) groups excluding carboxylic acids is 1. The van der Waals surface area contributed by atoms with Gasteiger partial charge in [-0.25, -0.2) is 17.2 Å². The lowest BCUT2D eigenvalue weighted by Gasteiger charge is -2.31. The SMILES string of the molecule is Cc1ccc(S(=O)(=O)N2CCC(NC(=O)c3c(F)cccc3F)CC2)cc1. The summed E-state index contributed by atoms with van der Waals surface area (Å²) in [7, 11) is -3.60. The number of benzene rings is 2. The van der Waals surface area contributed by atoms with Crippen molar-refractivity contribution >= 4 is 15.9 Å². The van der Waals surface area contributed by atoms with Crippen molar-refractivity contribution in [3.05, 3.63) is 65.2 Å². The number of rotatable bonds is 4. The number of nitrogens with one attached hydrogen (secondary N) is 1. The van der Waals surface area contributed by atoms with Gasteiger partial charge >= 0.3 is 0 Å². The topological polar surface area (TPSA) is 66.5 Å². The van der Waals surface area contributed by atoms with E-state index < -0.39 is 33.1 Å². The van der Waals surface area contributed by atoms with Gasteiger partial charge in [0.15, 0.2) is 0 Å². The van der Waals surface area contributed by atoms with Crippen LogP contribution in [0.1, 0.15) is 28.8 Å². The van der Waals surface area contributed by atoms with Crippen LogP contribution in [0.3, 0.4) is 0 Å². The van der Waals surface area contributed by atoms with Crippen LogP contribution in [0.4, 0.5) is 8.78 Å². The first-order valence-electron chi connectivity index (χ1n) is 8.61. The highest BCUT2D eigenvalue weighted by Gasteiger charge is 2.30. The molecule has 2 aromatic carbocycles. The van der Waals surface area contributed by atoms with Gasteiger partial charge in [-0.05, 0) is 44.0 Å². The van der Waals surface area contributed by atoms with Gasteiger partial charge in [-0.15, -0.1) is 0 Å².